The second-order valence-electron chi connectivity index (χ2n) is 4.88. The van der Waals surface area contributed by atoms with Gasteiger partial charge in [-0.2, -0.15) is 0 Å². The summed E-state index contributed by atoms with van der Waals surface area (Å²) >= 11 is 0. The van der Waals surface area contributed by atoms with Crippen molar-refractivity contribution < 1.29 is 27.8 Å². The molecule has 1 N–H and O–H groups in total. The van der Waals surface area contributed by atoms with Crippen LogP contribution in [0, 0.1) is 11.6 Å². The first kappa shape index (κ1) is 18.1. The van der Waals surface area contributed by atoms with Crippen molar-refractivity contribution >= 4 is 17.6 Å². The van der Waals surface area contributed by atoms with Gasteiger partial charge in [-0.15, -0.1) is 0 Å². The van der Waals surface area contributed by atoms with Gasteiger partial charge in [0.15, 0.2) is 0 Å². The highest BCUT2D eigenvalue weighted by Gasteiger charge is 2.18. The van der Waals surface area contributed by atoms with Gasteiger partial charge in [0.05, 0.1) is 18.4 Å². The van der Waals surface area contributed by atoms with Gasteiger partial charge in [0.25, 0.3) is 5.91 Å². The lowest BCUT2D eigenvalue weighted by Crippen LogP contribution is -2.15. The number of carbonyl (C=O) groups excluding carboxylic acids is 2. The van der Waals surface area contributed by atoms with E-state index in [0.29, 0.717) is 18.4 Å². The SMILES string of the molecule is C=CCOc1ccc(C(=O)Nc2cc(C(=O)OC)c(F)cc2F)cc1. The van der Waals surface area contributed by atoms with Crippen molar-refractivity contribution in [1.82, 2.24) is 0 Å². The normalized spacial score (nSPS) is 10.0. The molecule has 0 radical (unpaired) electrons. The average Bonchev–Trinajstić information content (AvgIpc) is 2.61. The number of methoxy groups -OCH3 is 1. The van der Waals surface area contributed by atoms with E-state index in [-0.39, 0.29) is 11.3 Å². The average molecular weight is 347 g/mol. The zero-order valence-electron chi connectivity index (χ0n) is 13.3. The number of rotatable bonds is 6. The number of amides is 1. The highest BCUT2D eigenvalue weighted by Crippen LogP contribution is 2.21. The maximum Gasteiger partial charge on any atom is 0.340 e. The summed E-state index contributed by atoms with van der Waals surface area (Å²) in [6.07, 6.45) is 1.58. The zero-order valence-corrected chi connectivity index (χ0v) is 13.3. The van der Waals surface area contributed by atoms with Crippen molar-refractivity contribution in [3.05, 3.63) is 71.8 Å². The van der Waals surface area contributed by atoms with Gasteiger partial charge in [-0.1, -0.05) is 12.7 Å². The molecule has 0 aliphatic rings. The fourth-order valence-corrected chi connectivity index (χ4v) is 1.96. The van der Waals surface area contributed by atoms with Crippen LogP contribution < -0.4 is 10.1 Å². The molecule has 0 fully saturated rings. The highest BCUT2D eigenvalue weighted by atomic mass is 19.1. The van der Waals surface area contributed by atoms with Crippen molar-refractivity contribution in [1.29, 1.82) is 0 Å². The molecule has 0 aliphatic heterocycles. The van der Waals surface area contributed by atoms with Crippen LogP contribution in [0.5, 0.6) is 5.75 Å². The Morgan fingerprint density at radius 2 is 1.84 bits per heavy atom. The number of hydrogen-bond acceptors (Lipinski definition) is 4. The molecule has 0 saturated carbocycles. The molecular formula is C18H15F2NO4. The Balaban J connectivity index is 2.19. The number of carbonyl (C=O) groups is 2. The molecule has 0 heterocycles. The minimum Gasteiger partial charge on any atom is -0.490 e. The van der Waals surface area contributed by atoms with E-state index in [1.807, 2.05) is 0 Å². The first-order valence-corrected chi connectivity index (χ1v) is 7.18. The minimum atomic E-state index is -1.08. The van der Waals surface area contributed by atoms with Crippen LogP contribution in [0.25, 0.3) is 0 Å². The van der Waals surface area contributed by atoms with E-state index in [1.54, 1.807) is 18.2 Å². The Bertz CT molecular complexity index is 803. The molecule has 130 valence electrons. The van der Waals surface area contributed by atoms with Crippen LogP contribution >= 0.6 is 0 Å². The molecule has 0 unspecified atom stereocenters. The van der Waals surface area contributed by atoms with Gasteiger partial charge in [-0.25, -0.2) is 13.6 Å². The molecule has 7 heteroatoms. The molecule has 2 aromatic carbocycles. The summed E-state index contributed by atoms with van der Waals surface area (Å²) in [6, 6.07) is 7.50. The summed E-state index contributed by atoms with van der Waals surface area (Å²) in [5, 5.41) is 2.29. The third kappa shape index (κ3) is 4.41. The van der Waals surface area contributed by atoms with Gasteiger partial charge in [0, 0.05) is 11.6 Å². The fraction of sp³-hybridized carbons (Fsp3) is 0.111. The molecule has 5 nitrogen and oxygen atoms in total. The molecular weight excluding hydrogens is 332 g/mol. The fourth-order valence-electron chi connectivity index (χ4n) is 1.96. The van der Waals surface area contributed by atoms with Crippen LogP contribution in [0.2, 0.25) is 0 Å². The van der Waals surface area contributed by atoms with Crippen LogP contribution in [0.15, 0.2) is 49.1 Å². The van der Waals surface area contributed by atoms with E-state index in [4.69, 9.17) is 4.74 Å². The first-order valence-electron chi connectivity index (χ1n) is 7.18. The van der Waals surface area contributed by atoms with Gasteiger partial charge >= 0.3 is 5.97 Å². The molecule has 0 spiro atoms. The smallest absolute Gasteiger partial charge is 0.340 e. The van der Waals surface area contributed by atoms with Gasteiger partial charge in [-0.05, 0) is 30.3 Å². The van der Waals surface area contributed by atoms with Gasteiger partial charge in [0.1, 0.15) is 24.0 Å². The maximum absolute atomic E-state index is 13.8. The monoisotopic (exact) mass is 347 g/mol. The number of esters is 1. The predicted octanol–water partition coefficient (Wildman–Crippen LogP) is 3.57. The van der Waals surface area contributed by atoms with Crippen molar-refractivity contribution in [2.75, 3.05) is 19.0 Å². The number of halogens is 2. The molecule has 25 heavy (non-hydrogen) atoms. The first-order chi connectivity index (χ1) is 12.0. The third-order valence-corrected chi connectivity index (χ3v) is 3.19. The van der Waals surface area contributed by atoms with Crippen LogP contribution in [-0.2, 0) is 4.74 Å². The summed E-state index contributed by atoms with van der Waals surface area (Å²) in [6.45, 7) is 3.85. The van der Waals surface area contributed by atoms with E-state index < -0.39 is 29.1 Å². The summed E-state index contributed by atoms with van der Waals surface area (Å²) in [5.74, 6) is -3.15. The summed E-state index contributed by atoms with van der Waals surface area (Å²) < 4.78 is 37.1. The lowest BCUT2D eigenvalue weighted by Gasteiger charge is -2.10. The van der Waals surface area contributed by atoms with Gasteiger partial charge in [0.2, 0.25) is 0 Å². The van der Waals surface area contributed by atoms with Crippen LogP contribution in [0.4, 0.5) is 14.5 Å². The van der Waals surface area contributed by atoms with Crippen molar-refractivity contribution in [3.63, 3.8) is 0 Å². The van der Waals surface area contributed by atoms with Crippen LogP contribution in [0.3, 0.4) is 0 Å². The van der Waals surface area contributed by atoms with E-state index >= 15 is 0 Å². The largest absolute Gasteiger partial charge is 0.490 e. The topological polar surface area (TPSA) is 64.6 Å². The lowest BCUT2D eigenvalue weighted by atomic mass is 10.1. The minimum absolute atomic E-state index is 0.231. The van der Waals surface area contributed by atoms with Crippen molar-refractivity contribution in [2.24, 2.45) is 0 Å². The van der Waals surface area contributed by atoms with E-state index in [9.17, 15) is 18.4 Å². The quantitative estimate of drug-likeness (QED) is 0.641. The Morgan fingerprint density at radius 3 is 2.44 bits per heavy atom. The van der Waals surface area contributed by atoms with Gasteiger partial charge in [-0.3, -0.25) is 4.79 Å². The Hall–Kier alpha value is -3.22. The molecule has 0 aliphatic carbocycles. The van der Waals surface area contributed by atoms with Crippen LogP contribution in [-0.4, -0.2) is 25.6 Å². The second-order valence-corrected chi connectivity index (χ2v) is 4.88. The summed E-state index contributed by atoms with van der Waals surface area (Å²) in [4.78, 5) is 23.6. The third-order valence-electron chi connectivity index (χ3n) is 3.19. The second kappa shape index (κ2) is 8.05. The highest BCUT2D eigenvalue weighted by molar-refractivity contribution is 6.05. The summed E-state index contributed by atoms with van der Waals surface area (Å²) in [7, 11) is 1.07. The molecule has 0 atom stereocenters. The molecule has 0 saturated heterocycles. The zero-order chi connectivity index (χ0) is 18.4. The standard InChI is InChI=1S/C18H15F2NO4/c1-3-8-25-12-6-4-11(5-7-12)17(22)21-16-9-13(18(23)24-2)14(19)10-15(16)20/h3-7,9-10H,1,8H2,2H3,(H,21,22). The number of nitrogens with one attached hydrogen (secondary N) is 1. The molecule has 1 amide bonds. The number of anilines is 1. The van der Waals surface area contributed by atoms with E-state index in [1.165, 1.54) is 12.1 Å². The van der Waals surface area contributed by atoms with Gasteiger partial charge < -0.3 is 14.8 Å². The predicted molar refractivity (Wildman–Crippen MR) is 87.8 cm³/mol. The van der Waals surface area contributed by atoms with Crippen molar-refractivity contribution in [2.45, 2.75) is 0 Å². The Morgan fingerprint density at radius 1 is 1.16 bits per heavy atom. The van der Waals surface area contributed by atoms with Crippen molar-refractivity contribution in [3.8, 4) is 5.75 Å². The number of benzene rings is 2. The lowest BCUT2D eigenvalue weighted by molar-refractivity contribution is 0.0595. The molecule has 0 bridgehead atoms. The molecule has 0 aromatic heterocycles. The Labute approximate surface area is 142 Å². The number of ether oxygens (including phenoxy) is 2. The molecule has 2 aromatic rings. The number of hydrogen-bond donors (Lipinski definition) is 1. The van der Waals surface area contributed by atoms with E-state index in [0.717, 1.165) is 13.2 Å². The molecule has 2 rings (SSSR count). The Kier molecular flexibility index (Phi) is 5.84. The summed E-state index contributed by atoms with van der Waals surface area (Å²) in [5.41, 5.74) is -0.583. The maximum atomic E-state index is 13.8. The van der Waals surface area contributed by atoms with Crippen LogP contribution in [0.1, 0.15) is 20.7 Å². The van der Waals surface area contributed by atoms with E-state index in [2.05, 4.69) is 16.6 Å².